The van der Waals surface area contributed by atoms with Gasteiger partial charge in [0.1, 0.15) is 0 Å². The molecule has 4 nitrogen and oxygen atoms in total. The van der Waals surface area contributed by atoms with E-state index in [9.17, 15) is 0 Å². The summed E-state index contributed by atoms with van der Waals surface area (Å²) in [5, 5.41) is 3.78. The molecule has 0 aliphatic carbocycles. The van der Waals surface area contributed by atoms with Gasteiger partial charge in [-0.15, -0.1) is 0 Å². The second-order valence-electron chi connectivity index (χ2n) is 3.75. The average Bonchev–Trinajstić information content (AvgIpc) is 2.50. The van der Waals surface area contributed by atoms with Crippen LogP contribution in [0.1, 0.15) is 20.3 Å². The van der Waals surface area contributed by atoms with Gasteiger partial charge in [0, 0.05) is 18.5 Å². The fourth-order valence-corrected chi connectivity index (χ4v) is 1.54. The molecule has 1 aliphatic heterocycles. The second-order valence-corrected chi connectivity index (χ2v) is 3.75. The summed E-state index contributed by atoms with van der Waals surface area (Å²) in [4.78, 5) is 6.12. The zero-order chi connectivity index (χ0) is 8.60. The van der Waals surface area contributed by atoms with Gasteiger partial charge in [0.2, 0.25) is 6.39 Å². The van der Waals surface area contributed by atoms with Crippen LogP contribution in [-0.2, 0) is 0 Å². The molecule has 0 spiro atoms. The maximum absolute atomic E-state index is 4.67. The summed E-state index contributed by atoms with van der Waals surface area (Å²) in [5.41, 5.74) is 0.459. The Morgan fingerprint density at radius 2 is 2.42 bits per heavy atom. The van der Waals surface area contributed by atoms with Gasteiger partial charge in [-0.3, -0.25) is 0 Å². The molecule has 0 aromatic carbocycles. The van der Waals surface area contributed by atoms with E-state index in [4.69, 9.17) is 0 Å². The molecule has 1 aromatic heterocycles. The van der Waals surface area contributed by atoms with Crippen molar-refractivity contribution >= 4 is 5.95 Å². The zero-order valence-corrected chi connectivity index (χ0v) is 7.45. The topological polar surface area (TPSA) is 42.2 Å². The molecular weight excluding hydrogens is 154 g/mol. The van der Waals surface area contributed by atoms with Crippen molar-refractivity contribution in [3.8, 4) is 0 Å². The van der Waals surface area contributed by atoms with Crippen molar-refractivity contribution in [1.82, 2.24) is 10.1 Å². The monoisotopic (exact) mass is 167 g/mol. The summed E-state index contributed by atoms with van der Waals surface area (Å²) in [7, 11) is 0. The van der Waals surface area contributed by atoms with Gasteiger partial charge in [0.05, 0.1) is 0 Å². The van der Waals surface area contributed by atoms with E-state index in [1.807, 2.05) is 0 Å². The van der Waals surface area contributed by atoms with Crippen molar-refractivity contribution in [2.75, 3.05) is 18.0 Å². The summed E-state index contributed by atoms with van der Waals surface area (Å²) < 4.78 is 4.67. The first-order chi connectivity index (χ1) is 5.73. The fraction of sp³-hybridized carbons (Fsp3) is 0.750. The Kier molecular flexibility index (Phi) is 1.56. The molecule has 1 saturated heterocycles. The highest BCUT2D eigenvalue weighted by Crippen LogP contribution is 2.34. The summed E-state index contributed by atoms with van der Waals surface area (Å²) in [6, 6.07) is 0. The molecule has 1 fully saturated rings. The van der Waals surface area contributed by atoms with Crippen LogP contribution < -0.4 is 4.90 Å². The smallest absolute Gasteiger partial charge is 0.265 e. The predicted molar refractivity (Wildman–Crippen MR) is 44.9 cm³/mol. The van der Waals surface area contributed by atoms with Crippen LogP contribution >= 0.6 is 0 Å². The third-order valence-electron chi connectivity index (χ3n) is 2.63. The third kappa shape index (κ3) is 1.07. The molecule has 0 bridgehead atoms. The lowest BCUT2D eigenvalue weighted by Crippen LogP contribution is -2.54. The van der Waals surface area contributed by atoms with E-state index in [-0.39, 0.29) is 0 Å². The number of rotatable bonds is 2. The predicted octanol–water partition coefficient (Wildman–Crippen LogP) is 1.31. The van der Waals surface area contributed by atoms with Crippen LogP contribution in [0.4, 0.5) is 5.95 Å². The van der Waals surface area contributed by atoms with E-state index >= 15 is 0 Å². The molecule has 1 aliphatic rings. The average molecular weight is 167 g/mol. The number of aromatic nitrogens is 2. The molecule has 0 unspecified atom stereocenters. The van der Waals surface area contributed by atoms with Crippen molar-refractivity contribution < 1.29 is 4.52 Å². The molecule has 12 heavy (non-hydrogen) atoms. The largest absolute Gasteiger partial charge is 0.341 e. The number of nitrogens with zero attached hydrogens (tertiary/aromatic N) is 3. The maximum atomic E-state index is 4.67. The maximum Gasteiger partial charge on any atom is 0.265 e. The SMILES string of the molecule is CCC1(C)CN(c2ncon2)C1. The van der Waals surface area contributed by atoms with E-state index in [1.165, 1.54) is 12.8 Å². The van der Waals surface area contributed by atoms with Gasteiger partial charge in [0.15, 0.2) is 0 Å². The molecule has 0 N–H and O–H groups in total. The van der Waals surface area contributed by atoms with Crippen molar-refractivity contribution in [1.29, 1.82) is 0 Å². The lowest BCUT2D eigenvalue weighted by atomic mass is 9.80. The molecule has 2 heterocycles. The minimum atomic E-state index is 0.459. The Morgan fingerprint density at radius 3 is 2.92 bits per heavy atom. The standard InChI is InChI=1S/C8H13N3O/c1-3-8(2)4-11(5-8)7-9-6-12-10-7/h6H,3-5H2,1-2H3. The lowest BCUT2D eigenvalue weighted by Gasteiger charge is -2.46. The van der Waals surface area contributed by atoms with E-state index in [1.54, 1.807) is 0 Å². The van der Waals surface area contributed by atoms with E-state index < -0.39 is 0 Å². The van der Waals surface area contributed by atoms with E-state index in [0.29, 0.717) is 5.41 Å². The highest BCUT2D eigenvalue weighted by Gasteiger charge is 2.38. The quantitative estimate of drug-likeness (QED) is 0.666. The minimum Gasteiger partial charge on any atom is -0.341 e. The van der Waals surface area contributed by atoms with Crippen LogP contribution in [0.2, 0.25) is 0 Å². The van der Waals surface area contributed by atoms with Crippen LogP contribution in [0.3, 0.4) is 0 Å². The first-order valence-electron chi connectivity index (χ1n) is 4.25. The first kappa shape index (κ1) is 7.58. The Hall–Kier alpha value is -1.06. The third-order valence-corrected chi connectivity index (χ3v) is 2.63. The molecule has 1 aromatic rings. The number of hydrogen-bond acceptors (Lipinski definition) is 4. The number of anilines is 1. The molecule has 4 heteroatoms. The van der Waals surface area contributed by atoms with Gasteiger partial charge >= 0.3 is 0 Å². The molecule has 66 valence electrons. The van der Waals surface area contributed by atoms with Crippen LogP contribution in [0.5, 0.6) is 0 Å². The summed E-state index contributed by atoms with van der Waals surface area (Å²) in [6.45, 7) is 6.59. The fourth-order valence-electron chi connectivity index (χ4n) is 1.54. The molecule has 2 rings (SSSR count). The second kappa shape index (κ2) is 2.47. The van der Waals surface area contributed by atoms with Crippen LogP contribution in [-0.4, -0.2) is 23.2 Å². The summed E-state index contributed by atoms with van der Waals surface area (Å²) in [6.07, 6.45) is 2.58. The van der Waals surface area contributed by atoms with Gasteiger partial charge in [-0.05, 0) is 11.6 Å². The first-order valence-corrected chi connectivity index (χ1v) is 4.25. The van der Waals surface area contributed by atoms with Crippen molar-refractivity contribution in [2.45, 2.75) is 20.3 Å². The van der Waals surface area contributed by atoms with Crippen LogP contribution in [0.15, 0.2) is 10.9 Å². The Labute approximate surface area is 71.6 Å². The minimum absolute atomic E-state index is 0.459. The highest BCUT2D eigenvalue weighted by atomic mass is 16.5. The molecule has 0 radical (unpaired) electrons. The van der Waals surface area contributed by atoms with Crippen LogP contribution in [0, 0.1) is 5.41 Å². The number of hydrogen-bond donors (Lipinski definition) is 0. The molecule has 0 amide bonds. The zero-order valence-electron chi connectivity index (χ0n) is 7.45. The van der Waals surface area contributed by atoms with Crippen molar-refractivity contribution in [3.05, 3.63) is 6.39 Å². The lowest BCUT2D eigenvalue weighted by molar-refractivity contribution is 0.229. The van der Waals surface area contributed by atoms with E-state index in [0.717, 1.165) is 19.0 Å². The van der Waals surface area contributed by atoms with Gasteiger partial charge in [-0.25, -0.2) is 0 Å². The highest BCUT2D eigenvalue weighted by molar-refractivity contribution is 5.33. The molecule has 0 atom stereocenters. The Morgan fingerprint density at radius 1 is 1.67 bits per heavy atom. The summed E-state index contributed by atoms with van der Waals surface area (Å²) in [5.74, 6) is 0.723. The molecular formula is C8H13N3O. The van der Waals surface area contributed by atoms with Gasteiger partial charge < -0.3 is 9.42 Å². The Bertz CT molecular complexity index is 251. The van der Waals surface area contributed by atoms with Crippen molar-refractivity contribution in [3.63, 3.8) is 0 Å². The van der Waals surface area contributed by atoms with Crippen LogP contribution in [0.25, 0.3) is 0 Å². The summed E-state index contributed by atoms with van der Waals surface area (Å²) >= 11 is 0. The molecule has 0 saturated carbocycles. The van der Waals surface area contributed by atoms with Gasteiger partial charge in [0.25, 0.3) is 5.95 Å². The normalized spacial score (nSPS) is 20.7. The van der Waals surface area contributed by atoms with E-state index in [2.05, 4.69) is 33.4 Å². The van der Waals surface area contributed by atoms with Gasteiger partial charge in [-0.2, -0.15) is 4.98 Å². The Balaban J connectivity index is 1.98. The van der Waals surface area contributed by atoms with Gasteiger partial charge in [-0.1, -0.05) is 13.8 Å². The van der Waals surface area contributed by atoms with Crippen molar-refractivity contribution in [2.24, 2.45) is 5.41 Å².